The Balaban J connectivity index is 2.14. The number of nitrogens with zero attached hydrogens (tertiary/aromatic N) is 2. The number of hydrogen-bond acceptors (Lipinski definition) is 3. The summed E-state index contributed by atoms with van der Waals surface area (Å²) >= 11 is 0. The van der Waals surface area contributed by atoms with Crippen LogP contribution in [-0.2, 0) is 10.2 Å². The molecule has 124 valence electrons. The zero-order valence-electron chi connectivity index (χ0n) is 13.7. The minimum Gasteiger partial charge on any atom is -0.329 e. The second-order valence-electron chi connectivity index (χ2n) is 7.07. The average molecular weight is 317 g/mol. The van der Waals surface area contributed by atoms with E-state index in [4.69, 9.17) is 5.73 Å². The van der Waals surface area contributed by atoms with Crippen molar-refractivity contribution < 1.29 is 8.42 Å². The quantitative estimate of drug-likeness (QED) is 0.857. The van der Waals surface area contributed by atoms with E-state index in [0.29, 0.717) is 43.9 Å². The van der Waals surface area contributed by atoms with Crippen LogP contribution in [0, 0.1) is 17.8 Å². The highest BCUT2D eigenvalue weighted by atomic mass is 32.2. The number of hydrogen-bond donors (Lipinski definition) is 1. The van der Waals surface area contributed by atoms with Gasteiger partial charge in [-0.25, -0.2) is 0 Å². The van der Waals surface area contributed by atoms with E-state index in [1.165, 1.54) is 0 Å². The van der Waals surface area contributed by atoms with E-state index >= 15 is 0 Å². The van der Waals surface area contributed by atoms with E-state index < -0.39 is 10.2 Å². The molecule has 0 amide bonds. The van der Waals surface area contributed by atoms with Gasteiger partial charge in [-0.2, -0.15) is 17.0 Å². The first kappa shape index (κ1) is 17.2. The molecular formula is C15H31N3O2S. The molecule has 0 spiro atoms. The summed E-state index contributed by atoms with van der Waals surface area (Å²) in [6.45, 7) is 8.81. The van der Waals surface area contributed by atoms with Crippen LogP contribution in [0.3, 0.4) is 0 Å². The highest BCUT2D eigenvalue weighted by molar-refractivity contribution is 7.86. The maximum absolute atomic E-state index is 13.0. The van der Waals surface area contributed by atoms with E-state index in [-0.39, 0.29) is 6.04 Å². The van der Waals surface area contributed by atoms with Gasteiger partial charge in [0.15, 0.2) is 0 Å². The minimum atomic E-state index is -3.36. The molecule has 4 unspecified atom stereocenters. The molecule has 0 radical (unpaired) electrons. The summed E-state index contributed by atoms with van der Waals surface area (Å²) in [5.74, 6) is 1.49. The first-order chi connectivity index (χ1) is 9.88. The van der Waals surface area contributed by atoms with E-state index in [0.717, 1.165) is 25.7 Å². The molecule has 2 N–H and O–H groups in total. The molecule has 2 saturated heterocycles. The van der Waals surface area contributed by atoms with Crippen molar-refractivity contribution in [2.75, 3.05) is 26.2 Å². The predicted octanol–water partition coefficient (Wildman–Crippen LogP) is 1.66. The molecular weight excluding hydrogens is 286 g/mol. The molecule has 21 heavy (non-hydrogen) atoms. The average Bonchev–Trinajstić information content (AvgIpc) is 2.45. The van der Waals surface area contributed by atoms with Crippen LogP contribution in [0.25, 0.3) is 0 Å². The fourth-order valence-electron chi connectivity index (χ4n) is 3.94. The number of piperidine rings is 2. The molecule has 0 saturated carbocycles. The molecule has 4 atom stereocenters. The molecule has 0 aliphatic carbocycles. The van der Waals surface area contributed by atoms with E-state index in [2.05, 4.69) is 20.8 Å². The standard InChI is InChI=1S/C15H31N3O2S/c1-4-14-5-6-18(15(8-14)9-16)21(19,20)17-10-12(2)7-13(3)11-17/h12-15H,4-11,16H2,1-3H3. The smallest absolute Gasteiger partial charge is 0.282 e. The Hall–Kier alpha value is -0.170. The number of rotatable bonds is 4. The number of nitrogens with two attached hydrogens (primary N) is 1. The van der Waals surface area contributed by atoms with Gasteiger partial charge in [0.2, 0.25) is 0 Å². The predicted molar refractivity (Wildman–Crippen MR) is 86.0 cm³/mol. The zero-order chi connectivity index (χ0) is 15.6. The summed E-state index contributed by atoms with van der Waals surface area (Å²) in [7, 11) is -3.36. The largest absolute Gasteiger partial charge is 0.329 e. The highest BCUT2D eigenvalue weighted by Crippen LogP contribution is 2.31. The second kappa shape index (κ2) is 6.94. The van der Waals surface area contributed by atoms with Gasteiger partial charge in [-0.3, -0.25) is 0 Å². The van der Waals surface area contributed by atoms with E-state index in [1.807, 2.05) is 0 Å². The molecule has 6 heteroatoms. The van der Waals surface area contributed by atoms with Crippen molar-refractivity contribution in [2.24, 2.45) is 23.5 Å². The van der Waals surface area contributed by atoms with Crippen molar-refractivity contribution in [2.45, 2.75) is 52.5 Å². The lowest BCUT2D eigenvalue weighted by molar-refractivity contribution is 0.164. The van der Waals surface area contributed by atoms with Crippen LogP contribution in [0.1, 0.15) is 46.5 Å². The third-order valence-corrected chi connectivity index (χ3v) is 7.10. The summed E-state index contributed by atoms with van der Waals surface area (Å²) in [5, 5.41) is 0. The molecule has 2 aliphatic rings. The highest BCUT2D eigenvalue weighted by Gasteiger charge is 2.40. The molecule has 0 aromatic heterocycles. The molecule has 2 heterocycles. The summed E-state index contributed by atoms with van der Waals surface area (Å²) in [4.78, 5) is 0. The first-order valence-electron chi connectivity index (χ1n) is 8.35. The lowest BCUT2D eigenvalue weighted by Crippen LogP contribution is -2.56. The Labute approximate surface area is 130 Å². The summed E-state index contributed by atoms with van der Waals surface area (Å²) in [5.41, 5.74) is 5.87. The third-order valence-electron chi connectivity index (χ3n) is 5.08. The van der Waals surface area contributed by atoms with Crippen LogP contribution < -0.4 is 5.73 Å². The third kappa shape index (κ3) is 3.78. The van der Waals surface area contributed by atoms with Crippen LogP contribution in [0.15, 0.2) is 0 Å². The van der Waals surface area contributed by atoms with Gasteiger partial charge in [0, 0.05) is 32.2 Å². The lowest BCUT2D eigenvalue weighted by atomic mass is 9.90. The van der Waals surface area contributed by atoms with Crippen LogP contribution in [0.5, 0.6) is 0 Å². The summed E-state index contributed by atoms with van der Waals surface area (Å²) < 4.78 is 29.4. The summed E-state index contributed by atoms with van der Waals surface area (Å²) in [6, 6.07) is -0.0266. The molecule has 2 fully saturated rings. The van der Waals surface area contributed by atoms with Crippen molar-refractivity contribution in [1.29, 1.82) is 0 Å². The summed E-state index contributed by atoms with van der Waals surface area (Å²) in [6.07, 6.45) is 4.10. The maximum atomic E-state index is 13.0. The van der Waals surface area contributed by atoms with Gasteiger partial charge in [0.05, 0.1) is 0 Å². The van der Waals surface area contributed by atoms with Crippen molar-refractivity contribution in [3.05, 3.63) is 0 Å². The van der Waals surface area contributed by atoms with Gasteiger partial charge in [-0.05, 0) is 37.0 Å². The van der Waals surface area contributed by atoms with Crippen molar-refractivity contribution in [3.8, 4) is 0 Å². The Bertz CT molecular complexity index is 430. The fourth-order valence-corrected chi connectivity index (χ4v) is 6.01. The van der Waals surface area contributed by atoms with Gasteiger partial charge >= 0.3 is 0 Å². The van der Waals surface area contributed by atoms with E-state index in [9.17, 15) is 8.42 Å². The van der Waals surface area contributed by atoms with Gasteiger partial charge in [0.1, 0.15) is 0 Å². The minimum absolute atomic E-state index is 0.0266. The zero-order valence-corrected chi connectivity index (χ0v) is 14.5. The molecule has 0 aromatic carbocycles. The normalized spacial score (nSPS) is 36.8. The van der Waals surface area contributed by atoms with Crippen LogP contribution in [-0.4, -0.2) is 49.2 Å². The Kier molecular flexibility index (Phi) is 5.68. The van der Waals surface area contributed by atoms with Crippen molar-refractivity contribution in [3.63, 3.8) is 0 Å². The molecule has 2 aliphatic heterocycles. The molecule has 0 aromatic rings. The molecule has 0 bridgehead atoms. The maximum Gasteiger partial charge on any atom is 0.282 e. The van der Waals surface area contributed by atoms with E-state index in [1.54, 1.807) is 8.61 Å². The van der Waals surface area contributed by atoms with Crippen LogP contribution in [0.2, 0.25) is 0 Å². The van der Waals surface area contributed by atoms with Crippen molar-refractivity contribution in [1.82, 2.24) is 8.61 Å². The van der Waals surface area contributed by atoms with Crippen LogP contribution in [0.4, 0.5) is 0 Å². The Morgan fingerprint density at radius 1 is 1.14 bits per heavy atom. The SMILES string of the molecule is CCC1CCN(S(=O)(=O)N2CC(C)CC(C)C2)C(CN)C1. The van der Waals surface area contributed by atoms with Crippen LogP contribution >= 0.6 is 0 Å². The van der Waals surface area contributed by atoms with Crippen molar-refractivity contribution >= 4 is 10.2 Å². The van der Waals surface area contributed by atoms with Gasteiger partial charge in [0.25, 0.3) is 10.2 Å². The fraction of sp³-hybridized carbons (Fsp3) is 1.00. The van der Waals surface area contributed by atoms with Gasteiger partial charge < -0.3 is 5.73 Å². The van der Waals surface area contributed by atoms with Gasteiger partial charge in [-0.15, -0.1) is 0 Å². The second-order valence-corrected chi connectivity index (χ2v) is 8.95. The first-order valence-corrected chi connectivity index (χ1v) is 9.75. The topological polar surface area (TPSA) is 66.6 Å². The Morgan fingerprint density at radius 3 is 2.29 bits per heavy atom. The molecule has 2 rings (SSSR count). The lowest BCUT2D eigenvalue weighted by Gasteiger charge is -2.42. The monoisotopic (exact) mass is 317 g/mol. The Morgan fingerprint density at radius 2 is 1.76 bits per heavy atom. The van der Waals surface area contributed by atoms with Gasteiger partial charge in [-0.1, -0.05) is 27.2 Å². The molecule has 5 nitrogen and oxygen atoms in total.